The molecule has 2 aromatic carbocycles. The number of nitrogens with zero attached hydrogens (tertiary/aromatic N) is 1. The molecule has 1 aliphatic heterocycles. The number of pyridine rings is 1. The second-order valence-corrected chi connectivity index (χ2v) is 6.28. The number of ether oxygens (including phenoxy) is 2. The average molecular weight is 366 g/mol. The molecule has 0 spiro atoms. The number of benzene rings is 2. The molecule has 1 aliphatic rings. The van der Waals surface area contributed by atoms with Gasteiger partial charge >= 0.3 is 6.09 Å². The zero-order valence-electron chi connectivity index (χ0n) is 14.6. The standard InChI is InChI=1S/C20H18N2O5/c1-26-18-5-3-2-4-15(18)17-8-12-6-7-13(9-16(12)19(24)21-17)22-10-14(11-23)27-20(22)25/h2-9,14,23H,10-11H2,1H3,(H,21,24). The minimum atomic E-state index is -0.556. The number of H-pyrrole nitrogens is 1. The van der Waals surface area contributed by atoms with Gasteiger partial charge in [0.25, 0.3) is 5.56 Å². The third-order valence-electron chi connectivity index (χ3n) is 4.62. The minimum absolute atomic E-state index is 0.237. The monoisotopic (exact) mass is 366 g/mol. The van der Waals surface area contributed by atoms with E-state index in [0.29, 0.717) is 22.5 Å². The summed E-state index contributed by atoms with van der Waals surface area (Å²) in [5.74, 6) is 0.666. The summed E-state index contributed by atoms with van der Waals surface area (Å²) in [5.41, 5.74) is 1.73. The van der Waals surface area contributed by atoms with Crippen molar-refractivity contribution in [3.63, 3.8) is 0 Å². The summed E-state index contributed by atoms with van der Waals surface area (Å²) in [5, 5.41) is 10.4. The molecule has 1 unspecified atom stereocenters. The molecule has 138 valence electrons. The van der Waals surface area contributed by atoms with E-state index in [2.05, 4.69) is 4.98 Å². The maximum absolute atomic E-state index is 12.7. The molecule has 2 N–H and O–H groups in total. The number of aromatic nitrogens is 1. The van der Waals surface area contributed by atoms with E-state index in [4.69, 9.17) is 9.47 Å². The zero-order valence-corrected chi connectivity index (χ0v) is 14.6. The van der Waals surface area contributed by atoms with Crippen molar-refractivity contribution in [1.82, 2.24) is 4.98 Å². The van der Waals surface area contributed by atoms with Gasteiger partial charge in [-0.1, -0.05) is 18.2 Å². The van der Waals surface area contributed by atoms with Crippen LogP contribution in [-0.4, -0.2) is 42.5 Å². The molecule has 3 aromatic rings. The van der Waals surface area contributed by atoms with Gasteiger partial charge in [0, 0.05) is 16.6 Å². The first kappa shape index (κ1) is 17.1. The topological polar surface area (TPSA) is 91.9 Å². The molecule has 4 rings (SSSR count). The number of fused-ring (bicyclic) bond motifs is 1. The largest absolute Gasteiger partial charge is 0.496 e. The lowest BCUT2D eigenvalue weighted by atomic mass is 10.1. The zero-order chi connectivity index (χ0) is 19.0. The van der Waals surface area contributed by atoms with Crippen molar-refractivity contribution in [3.05, 3.63) is 58.9 Å². The van der Waals surface area contributed by atoms with E-state index in [1.165, 1.54) is 4.90 Å². The second kappa shape index (κ2) is 6.77. The fourth-order valence-electron chi connectivity index (χ4n) is 3.26. The fraction of sp³-hybridized carbons (Fsp3) is 0.200. The number of hydrogen-bond acceptors (Lipinski definition) is 5. The number of cyclic esters (lactones) is 1. The Morgan fingerprint density at radius 1 is 1.22 bits per heavy atom. The molecule has 1 aromatic heterocycles. The Morgan fingerprint density at radius 2 is 2.04 bits per heavy atom. The van der Waals surface area contributed by atoms with Gasteiger partial charge < -0.3 is 19.6 Å². The van der Waals surface area contributed by atoms with E-state index in [1.54, 1.807) is 25.3 Å². The van der Waals surface area contributed by atoms with Crippen LogP contribution in [0.5, 0.6) is 5.75 Å². The molecular weight excluding hydrogens is 348 g/mol. The Labute approximate surface area is 154 Å². The van der Waals surface area contributed by atoms with Crippen LogP contribution < -0.4 is 15.2 Å². The molecule has 0 aliphatic carbocycles. The first-order valence-electron chi connectivity index (χ1n) is 8.50. The van der Waals surface area contributed by atoms with Crippen molar-refractivity contribution >= 4 is 22.6 Å². The first-order chi connectivity index (χ1) is 13.1. The quantitative estimate of drug-likeness (QED) is 0.740. The van der Waals surface area contributed by atoms with Crippen molar-refractivity contribution < 1.29 is 19.4 Å². The van der Waals surface area contributed by atoms with E-state index < -0.39 is 12.2 Å². The van der Waals surface area contributed by atoms with Gasteiger partial charge in [-0.2, -0.15) is 0 Å². The summed E-state index contributed by atoms with van der Waals surface area (Å²) in [4.78, 5) is 28.9. The summed E-state index contributed by atoms with van der Waals surface area (Å²) in [6.07, 6.45) is -1.09. The van der Waals surface area contributed by atoms with Crippen molar-refractivity contribution in [1.29, 1.82) is 0 Å². The number of anilines is 1. The number of aromatic amines is 1. The minimum Gasteiger partial charge on any atom is -0.496 e. The number of nitrogens with one attached hydrogen (secondary N) is 1. The van der Waals surface area contributed by atoms with E-state index in [0.717, 1.165) is 10.9 Å². The van der Waals surface area contributed by atoms with Crippen LogP contribution >= 0.6 is 0 Å². The molecule has 1 saturated heterocycles. The molecule has 0 saturated carbocycles. The van der Waals surface area contributed by atoms with E-state index in [-0.39, 0.29) is 18.7 Å². The smallest absolute Gasteiger partial charge is 0.414 e. The summed E-state index contributed by atoms with van der Waals surface area (Å²) < 4.78 is 10.4. The highest BCUT2D eigenvalue weighted by Gasteiger charge is 2.31. The van der Waals surface area contributed by atoms with Crippen LogP contribution in [0.2, 0.25) is 0 Å². The Morgan fingerprint density at radius 3 is 2.78 bits per heavy atom. The third-order valence-corrected chi connectivity index (χ3v) is 4.62. The Kier molecular flexibility index (Phi) is 4.29. The van der Waals surface area contributed by atoms with Crippen LogP contribution in [0.1, 0.15) is 0 Å². The number of carbonyl (C=O) groups is 1. The number of hydrogen-bond donors (Lipinski definition) is 2. The molecule has 27 heavy (non-hydrogen) atoms. The van der Waals surface area contributed by atoms with Crippen LogP contribution in [-0.2, 0) is 4.74 Å². The molecule has 0 radical (unpaired) electrons. The van der Waals surface area contributed by atoms with Gasteiger partial charge in [-0.3, -0.25) is 9.69 Å². The maximum atomic E-state index is 12.7. The SMILES string of the molecule is COc1ccccc1-c1cc2ccc(N3CC(CO)OC3=O)cc2c(=O)[nH]1. The van der Waals surface area contributed by atoms with Crippen LogP contribution in [0.15, 0.2) is 53.3 Å². The normalized spacial score (nSPS) is 16.6. The predicted molar refractivity (Wildman–Crippen MR) is 101 cm³/mol. The van der Waals surface area contributed by atoms with E-state index in [1.807, 2.05) is 30.3 Å². The number of rotatable bonds is 4. The van der Waals surface area contributed by atoms with Crippen molar-refractivity contribution in [2.24, 2.45) is 0 Å². The highest BCUT2D eigenvalue weighted by Crippen LogP contribution is 2.30. The maximum Gasteiger partial charge on any atom is 0.414 e. The Hall–Kier alpha value is -3.32. The highest BCUT2D eigenvalue weighted by molar-refractivity contribution is 5.94. The van der Waals surface area contributed by atoms with Crippen molar-refractivity contribution in [2.75, 3.05) is 25.2 Å². The summed E-state index contributed by atoms with van der Waals surface area (Å²) >= 11 is 0. The Bertz CT molecular complexity index is 1080. The van der Waals surface area contributed by atoms with Gasteiger partial charge in [-0.15, -0.1) is 0 Å². The number of methoxy groups -OCH3 is 1. The van der Waals surface area contributed by atoms with Crippen LogP contribution in [0.25, 0.3) is 22.0 Å². The molecular formula is C20H18N2O5. The molecule has 1 fully saturated rings. The third kappa shape index (κ3) is 3.02. The fourth-order valence-corrected chi connectivity index (χ4v) is 3.26. The lowest BCUT2D eigenvalue weighted by Gasteiger charge is -2.14. The molecule has 0 bridgehead atoms. The van der Waals surface area contributed by atoms with Gasteiger partial charge in [0.15, 0.2) is 0 Å². The summed E-state index contributed by atoms with van der Waals surface area (Å²) in [6, 6.07) is 14.5. The number of amides is 1. The first-order valence-corrected chi connectivity index (χ1v) is 8.50. The number of carbonyl (C=O) groups excluding carboxylic acids is 1. The van der Waals surface area contributed by atoms with Gasteiger partial charge in [0.05, 0.1) is 26.0 Å². The van der Waals surface area contributed by atoms with Crippen molar-refractivity contribution in [2.45, 2.75) is 6.10 Å². The lowest BCUT2D eigenvalue weighted by Crippen LogP contribution is -2.25. The van der Waals surface area contributed by atoms with Gasteiger partial charge in [0.1, 0.15) is 11.9 Å². The van der Waals surface area contributed by atoms with Crippen molar-refractivity contribution in [3.8, 4) is 17.0 Å². The molecule has 1 amide bonds. The molecule has 7 nitrogen and oxygen atoms in total. The number of aliphatic hydroxyl groups excluding tert-OH is 1. The average Bonchev–Trinajstić information content (AvgIpc) is 3.08. The molecule has 1 atom stereocenters. The second-order valence-electron chi connectivity index (χ2n) is 6.28. The van der Waals surface area contributed by atoms with Crippen LogP contribution in [0, 0.1) is 0 Å². The summed E-state index contributed by atoms with van der Waals surface area (Å²) in [7, 11) is 1.58. The van der Waals surface area contributed by atoms with Gasteiger partial charge in [-0.25, -0.2) is 4.79 Å². The predicted octanol–water partition coefficient (Wildman–Crippen LogP) is 2.52. The lowest BCUT2D eigenvalue weighted by molar-refractivity contribution is 0.0963. The molecule has 2 heterocycles. The Balaban J connectivity index is 1.77. The molecule has 7 heteroatoms. The number of para-hydroxylation sites is 1. The van der Waals surface area contributed by atoms with E-state index >= 15 is 0 Å². The van der Waals surface area contributed by atoms with Gasteiger partial charge in [0.2, 0.25) is 0 Å². The highest BCUT2D eigenvalue weighted by atomic mass is 16.6. The van der Waals surface area contributed by atoms with Crippen LogP contribution in [0.3, 0.4) is 0 Å². The van der Waals surface area contributed by atoms with Crippen LogP contribution in [0.4, 0.5) is 10.5 Å². The van der Waals surface area contributed by atoms with Gasteiger partial charge in [-0.05, 0) is 35.7 Å². The number of aliphatic hydroxyl groups is 1. The summed E-state index contributed by atoms with van der Waals surface area (Å²) in [6.45, 7) is 0.0106. The van der Waals surface area contributed by atoms with E-state index in [9.17, 15) is 14.7 Å².